The second kappa shape index (κ2) is 7.87. The van der Waals surface area contributed by atoms with E-state index in [-0.39, 0.29) is 18.0 Å². The zero-order chi connectivity index (χ0) is 16.0. The molecule has 0 radical (unpaired) electrons. The van der Waals surface area contributed by atoms with Crippen molar-refractivity contribution in [3.63, 3.8) is 0 Å². The molecule has 0 aromatic carbocycles. The van der Waals surface area contributed by atoms with Crippen LogP contribution in [0.2, 0.25) is 0 Å². The highest BCUT2D eigenvalue weighted by Crippen LogP contribution is 2.28. The average Bonchev–Trinajstić information content (AvgIpc) is 2.41. The van der Waals surface area contributed by atoms with Gasteiger partial charge >= 0.3 is 12.2 Å². The van der Waals surface area contributed by atoms with Crippen LogP contribution in [0.4, 0.5) is 18.0 Å². The first-order valence-corrected chi connectivity index (χ1v) is 7.39. The molecule has 1 fully saturated rings. The largest absolute Gasteiger partial charge is 0.411 e. The topological polar surface area (TPSA) is 41.6 Å². The second-order valence-corrected chi connectivity index (χ2v) is 5.90. The van der Waals surface area contributed by atoms with Gasteiger partial charge in [0, 0.05) is 25.6 Å². The molecule has 4 nitrogen and oxygen atoms in total. The minimum Gasteiger partial charge on any atom is -0.368 e. The van der Waals surface area contributed by atoms with Crippen LogP contribution >= 0.6 is 0 Å². The van der Waals surface area contributed by atoms with E-state index in [1.165, 1.54) is 0 Å². The fourth-order valence-corrected chi connectivity index (χ4v) is 2.41. The van der Waals surface area contributed by atoms with Crippen molar-refractivity contribution in [3.8, 4) is 0 Å². The van der Waals surface area contributed by atoms with Crippen molar-refractivity contribution in [2.24, 2.45) is 5.92 Å². The van der Waals surface area contributed by atoms with Crippen LogP contribution in [0.5, 0.6) is 0 Å². The molecule has 0 bridgehead atoms. The molecular formula is C14H25F3N2O2. The molecule has 1 aliphatic carbocycles. The molecule has 2 atom stereocenters. The SMILES string of the molecule is CC(C)N(C)C(=O)NCC1CCCCC1OCC(F)(F)F. The molecule has 1 N–H and O–H groups in total. The predicted octanol–water partition coefficient (Wildman–Crippen LogP) is 3.17. The van der Waals surface area contributed by atoms with Crippen LogP contribution in [-0.4, -0.2) is 49.5 Å². The Morgan fingerprint density at radius 1 is 1.33 bits per heavy atom. The molecular weight excluding hydrogens is 285 g/mol. The fraction of sp³-hybridized carbons (Fsp3) is 0.929. The van der Waals surface area contributed by atoms with Crippen LogP contribution in [0.15, 0.2) is 0 Å². The summed E-state index contributed by atoms with van der Waals surface area (Å²) in [7, 11) is 1.69. The van der Waals surface area contributed by atoms with Gasteiger partial charge in [0.2, 0.25) is 0 Å². The summed E-state index contributed by atoms with van der Waals surface area (Å²) in [6.07, 6.45) is -1.48. The number of ether oxygens (including phenoxy) is 1. The van der Waals surface area contributed by atoms with Gasteiger partial charge in [0.05, 0.1) is 6.10 Å². The number of alkyl halides is 3. The maximum atomic E-state index is 12.2. The molecule has 1 aliphatic rings. The first-order valence-electron chi connectivity index (χ1n) is 7.39. The van der Waals surface area contributed by atoms with Crippen LogP contribution in [0.3, 0.4) is 0 Å². The molecule has 124 valence electrons. The first kappa shape index (κ1) is 18.1. The highest BCUT2D eigenvalue weighted by molar-refractivity contribution is 5.74. The standard InChI is InChI=1S/C14H25F3N2O2/c1-10(2)19(3)13(20)18-8-11-6-4-5-7-12(11)21-9-14(15,16)17/h10-12H,4-9H2,1-3H3,(H,18,20). The van der Waals surface area contributed by atoms with Crippen LogP contribution in [0.1, 0.15) is 39.5 Å². The molecule has 0 aromatic heterocycles. The smallest absolute Gasteiger partial charge is 0.368 e. The fourth-order valence-electron chi connectivity index (χ4n) is 2.41. The Morgan fingerprint density at radius 3 is 2.52 bits per heavy atom. The summed E-state index contributed by atoms with van der Waals surface area (Å²) in [4.78, 5) is 13.4. The van der Waals surface area contributed by atoms with E-state index >= 15 is 0 Å². The summed E-state index contributed by atoms with van der Waals surface area (Å²) in [5.74, 6) is -0.0504. The molecule has 7 heteroatoms. The lowest BCUT2D eigenvalue weighted by molar-refractivity contribution is -0.193. The summed E-state index contributed by atoms with van der Waals surface area (Å²) in [6.45, 7) is 2.94. The van der Waals surface area contributed by atoms with E-state index in [2.05, 4.69) is 5.32 Å². The number of nitrogens with one attached hydrogen (secondary N) is 1. The lowest BCUT2D eigenvalue weighted by Crippen LogP contribution is -2.45. The minimum atomic E-state index is -4.30. The van der Waals surface area contributed by atoms with E-state index in [9.17, 15) is 18.0 Å². The summed E-state index contributed by atoms with van der Waals surface area (Å²) < 4.78 is 41.7. The summed E-state index contributed by atoms with van der Waals surface area (Å²) in [5.41, 5.74) is 0. The molecule has 0 aliphatic heterocycles. The van der Waals surface area contributed by atoms with Crippen molar-refractivity contribution in [1.29, 1.82) is 0 Å². The second-order valence-electron chi connectivity index (χ2n) is 5.90. The van der Waals surface area contributed by atoms with Crippen molar-refractivity contribution >= 4 is 6.03 Å². The number of nitrogens with zero attached hydrogens (tertiary/aromatic N) is 1. The molecule has 2 unspecified atom stereocenters. The first-order chi connectivity index (χ1) is 9.70. The van der Waals surface area contributed by atoms with E-state index in [4.69, 9.17) is 4.74 Å². The summed E-state index contributed by atoms with van der Waals surface area (Å²) in [5, 5.41) is 2.79. The molecule has 0 spiro atoms. The highest BCUT2D eigenvalue weighted by atomic mass is 19.4. The molecule has 0 aromatic rings. The molecule has 1 rings (SSSR count). The van der Waals surface area contributed by atoms with E-state index in [0.29, 0.717) is 13.0 Å². The zero-order valence-electron chi connectivity index (χ0n) is 12.9. The average molecular weight is 310 g/mol. The lowest BCUT2D eigenvalue weighted by Gasteiger charge is -2.32. The molecule has 0 heterocycles. The number of hydrogen-bond acceptors (Lipinski definition) is 2. The van der Waals surface area contributed by atoms with Crippen molar-refractivity contribution < 1.29 is 22.7 Å². The minimum absolute atomic E-state index is 0.0504. The maximum Gasteiger partial charge on any atom is 0.411 e. The zero-order valence-corrected chi connectivity index (χ0v) is 12.9. The van der Waals surface area contributed by atoms with Crippen LogP contribution in [0.25, 0.3) is 0 Å². The monoisotopic (exact) mass is 310 g/mol. The quantitative estimate of drug-likeness (QED) is 0.847. The number of amides is 2. The number of halogens is 3. The Labute approximate surface area is 124 Å². The van der Waals surface area contributed by atoms with Crippen molar-refractivity contribution in [2.75, 3.05) is 20.2 Å². The highest BCUT2D eigenvalue weighted by Gasteiger charge is 2.33. The molecule has 21 heavy (non-hydrogen) atoms. The molecule has 0 saturated heterocycles. The van der Waals surface area contributed by atoms with Gasteiger partial charge in [-0.1, -0.05) is 12.8 Å². The number of rotatable bonds is 5. The van der Waals surface area contributed by atoms with E-state index in [1.54, 1.807) is 11.9 Å². The summed E-state index contributed by atoms with van der Waals surface area (Å²) in [6, 6.07) is -0.126. The molecule has 2 amide bonds. The third-order valence-electron chi connectivity index (χ3n) is 3.91. The van der Waals surface area contributed by atoms with Gasteiger partial charge in [0.15, 0.2) is 0 Å². The van der Waals surface area contributed by atoms with Crippen molar-refractivity contribution in [1.82, 2.24) is 10.2 Å². The van der Waals surface area contributed by atoms with Crippen LogP contribution < -0.4 is 5.32 Å². The predicted molar refractivity (Wildman–Crippen MR) is 74.1 cm³/mol. The van der Waals surface area contributed by atoms with Crippen LogP contribution in [-0.2, 0) is 4.74 Å². The number of carbonyl (C=O) groups excluding carboxylic acids is 1. The number of hydrogen-bond donors (Lipinski definition) is 1. The van der Waals surface area contributed by atoms with E-state index < -0.39 is 18.9 Å². The van der Waals surface area contributed by atoms with E-state index in [0.717, 1.165) is 19.3 Å². The Hall–Kier alpha value is -0.980. The van der Waals surface area contributed by atoms with Gasteiger partial charge in [-0.3, -0.25) is 0 Å². The van der Waals surface area contributed by atoms with Gasteiger partial charge in [-0.2, -0.15) is 13.2 Å². The van der Waals surface area contributed by atoms with E-state index in [1.807, 2.05) is 13.8 Å². The van der Waals surface area contributed by atoms with Gasteiger partial charge < -0.3 is 15.0 Å². The maximum absolute atomic E-state index is 12.2. The van der Waals surface area contributed by atoms with Gasteiger partial charge in [-0.15, -0.1) is 0 Å². The summed E-state index contributed by atoms with van der Waals surface area (Å²) >= 11 is 0. The van der Waals surface area contributed by atoms with Gasteiger partial charge in [-0.05, 0) is 26.7 Å². The van der Waals surface area contributed by atoms with Crippen molar-refractivity contribution in [3.05, 3.63) is 0 Å². The lowest BCUT2D eigenvalue weighted by atomic mass is 9.86. The van der Waals surface area contributed by atoms with Gasteiger partial charge in [0.1, 0.15) is 6.61 Å². The van der Waals surface area contributed by atoms with Crippen molar-refractivity contribution in [2.45, 2.75) is 57.9 Å². The Kier molecular flexibility index (Phi) is 6.77. The Morgan fingerprint density at radius 2 is 1.95 bits per heavy atom. The Balaban J connectivity index is 2.44. The van der Waals surface area contributed by atoms with Gasteiger partial charge in [-0.25, -0.2) is 4.79 Å². The van der Waals surface area contributed by atoms with Gasteiger partial charge in [0.25, 0.3) is 0 Å². The number of urea groups is 1. The third kappa shape index (κ3) is 6.54. The normalized spacial score (nSPS) is 23.2. The Bertz CT molecular complexity index is 335. The number of carbonyl (C=O) groups is 1. The van der Waals surface area contributed by atoms with Crippen LogP contribution in [0, 0.1) is 5.92 Å². The third-order valence-corrected chi connectivity index (χ3v) is 3.91. The molecule has 1 saturated carbocycles.